The zero-order valence-electron chi connectivity index (χ0n) is 15.8. The Kier molecular flexibility index (Phi) is 4.81. The molecule has 0 atom stereocenters. The molecule has 0 saturated carbocycles. The van der Waals surface area contributed by atoms with E-state index in [0.717, 1.165) is 57.3 Å². The van der Waals surface area contributed by atoms with Crippen molar-refractivity contribution in [2.45, 2.75) is 51.5 Å². The monoisotopic (exact) mass is 352 g/mol. The van der Waals surface area contributed by atoms with Gasteiger partial charge in [-0.15, -0.1) is 0 Å². The van der Waals surface area contributed by atoms with Crippen molar-refractivity contribution >= 4 is 5.91 Å². The molecule has 1 aromatic heterocycles. The summed E-state index contributed by atoms with van der Waals surface area (Å²) in [5.41, 5.74) is 5.46. The lowest BCUT2D eigenvalue weighted by Gasteiger charge is -2.31. The second-order valence-electron chi connectivity index (χ2n) is 7.41. The maximum absolute atomic E-state index is 13.1. The van der Waals surface area contributed by atoms with Crippen molar-refractivity contribution in [3.63, 3.8) is 0 Å². The van der Waals surface area contributed by atoms with Gasteiger partial charge in [0.1, 0.15) is 0 Å². The summed E-state index contributed by atoms with van der Waals surface area (Å²) in [5, 5.41) is 8.10. The van der Waals surface area contributed by atoms with Crippen molar-refractivity contribution in [2.24, 2.45) is 0 Å². The third-order valence-electron chi connectivity index (χ3n) is 5.91. The highest BCUT2D eigenvalue weighted by atomic mass is 16.2. The Balaban J connectivity index is 1.62. The van der Waals surface area contributed by atoms with Crippen molar-refractivity contribution in [3.8, 4) is 5.69 Å². The van der Waals surface area contributed by atoms with Gasteiger partial charge in [0.25, 0.3) is 5.91 Å². The van der Waals surface area contributed by atoms with Gasteiger partial charge in [0.15, 0.2) is 5.69 Å². The van der Waals surface area contributed by atoms with E-state index >= 15 is 0 Å². The third kappa shape index (κ3) is 3.05. The predicted octanol–water partition coefficient (Wildman–Crippen LogP) is 2.75. The molecule has 0 radical (unpaired) electrons. The Morgan fingerprint density at radius 2 is 1.92 bits per heavy atom. The van der Waals surface area contributed by atoms with E-state index in [4.69, 9.17) is 5.10 Å². The average Bonchev–Trinajstić information content (AvgIpc) is 3.30. The second kappa shape index (κ2) is 7.23. The van der Waals surface area contributed by atoms with Crippen LogP contribution in [-0.4, -0.2) is 46.8 Å². The van der Waals surface area contributed by atoms with E-state index < -0.39 is 0 Å². The summed E-state index contributed by atoms with van der Waals surface area (Å²) < 4.78 is 2.01. The molecule has 1 aliphatic heterocycles. The molecule has 5 heteroatoms. The number of benzene rings is 1. The standard InChI is InChI=1S/C21H28N4O/c1-3-15-7-9-17(10-8-15)25-19-6-4-5-18(19)20(23-25)21(26)24-13-11-16(22-2)12-14-24/h7-10,16,22H,3-6,11-14H2,1-2H3. The maximum Gasteiger partial charge on any atom is 0.274 e. The summed E-state index contributed by atoms with van der Waals surface area (Å²) in [6, 6.07) is 9.08. The Morgan fingerprint density at radius 3 is 2.58 bits per heavy atom. The summed E-state index contributed by atoms with van der Waals surface area (Å²) in [6.45, 7) is 3.79. The number of likely N-dealkylation sites (tertiary alicyclic amines) is 1. The van der Waals surface area contributed by atoms with Crippen LogP contribution in [0.4, 0.5) is 0 Å². The molecule has 26 heavy (non-hydrogen) atoms. The molecular formula is C21H28N4O. The fraction of sp³-hybridized carbons (Fsp3) is 0.524. The fourth-order valence-electron chi connectivity index (χ4n) is 4.22. The van der Waals surface area contributed by atoms with E-state index in [0.29, 0.717) is 11.7 Å². The lowest BCUT2D eigenvalue weighted by molar-refractivity contribution is 0.0700. The highest BCUT2D eigenvalue weighted by molar-refractivity contribution is 5.94. The van der Waals surface area contributed by atoms with Crippen LogP contribution in [0.15, 0.2) is 24.3 Å². The van der Waals surface area contributed by atoms with Crippen LogP contribution < -0.4 is 5.32 Å². The largest absolute Gasteiger partial charge is 0.337 e. The number of aryl methyl sites for hydroxylation is 1. The molecule has 2 aliphatic rings. The SMILES string of the molecule is CCc1ccc(-n2nc(C(=O)N3CCC(NC)CC3)c3c2CCC3)cc1. The van der Waals surface area contributed by atoms with Crippen LogP contribution in [0.2, 0.25) is 0 Å². The number of amides is 1. The summed E-state index contributed by atoms with van der Waals surface area (Å²) >= 11 is 0. The van der Waals surface area contributed by atoms with Crippen LogP contribution in [0.3, 0.4) is 0 Å². The molecule has 1 aromatic carbocycles. The molecule has 2 heterocycles. The van der Waals surface area contributed by atoms with Gasteiger partial charge in [-0.3, -0.25) is 4.79 Å². The van der Waals surface area contributed by atoms with Crippen LogP contribution in [0.25, 0.3) is 5.69 Å². The van der Waals surface area contributed by atoms with Crippen LogP contribution in [-0.2, 0) is 19.3 Å². The molecule has 1 fully saturated rings. The van der Waals surface area contributed by atoms with Crippen LogP contribution in [0, 0.1) is 0 Å². The minimum absolute atomic E-state index is 0.113. The van der Waals surface area contributed by atoms with E-state index in [1.54, 1.807) is 0 Å². The topological polar surface area (TPSA) is 50.2 Å². The van der Waals surface area contributed by atoms with E-state index in [1.165, 1.54) is 16.8 Å². The second-order valence-corrected chi connectivity index (χ2v) is 7.41. The molecule has 4 rings (SSSR count). The molecule has 138 valence electrons. The van der Waals surface area contributed by atoms with E-state index in [2.05, 4.69) is 36.5 Å². The first-order chi connectivity index (χ1) is 12.7. The van der Waals surface area contributed by atoms with Crippen molar-refractivity contribution in [2.75, 3.05) is 20.1 Å². The molecule has 0 unspecified atom stereocenters. The number of fused-ring (bicyclic) bond motifs is 1. The Hall–Kier alpha value is -2.14. The lowest BCUT2D eigenvalue weighted by Crippen LogP contribution is -2.44. The number of aromatic nitrogens is 2. The van der Waals surface area contributed by atoms with Gasteiger partial charge in [-0.25, -0.2) is 4.68 Å². The maximum atomic E-state index is 13.1. The lowest BCUT2D eigenvalue weighted by atomic mass is 10.0. The zero-order valence-corrected chi connectivity index (χ0v) is 15.8. The number of hydrogen-bond acceptors (Lipinski definition) is 3. The Labute approximate surface area is 155 Å². The van der Waals surface area contributed by atoms with Gasteiger partial charge in [0.05, 0.1) is 5.69 Å². The Morgan fingerprint density at radius 1 is 1.19 bits per heavy atom. The van der Waals surface area contributed by atoms with E-state index in [-0.39, 0.29) is 5.91 Å². The van der Waals surface area contributed by atoms with Gasteiger partial charge in [-0.1, -0.05) is 19.1 Å². The van der Waals surface area contributed by atoms with Crippen LogP contribution in [0.5, 0.6) is 0 Å². The predicted molar refractivity (Wildman–Crippen MR) is 103 cm³/mol. The quantitative estimate of drug-likeness (QED) is 0.920. The number of nitrogens with one attached hydrogen (secondary N) is 1. The highest BCUT2D eigenvalue weighted by Crippen LogP contribution is 2.29. The number of hydrogen-bond donors (Lipinski definition) is 1. The third-order valence-corrected chi connectivity index (χ3v) is 5.91. The van der Waals surface area contributed by atoms with Gasteiger partial charge < -0.3 is 10.2 Å². The van der Waals surface area contributed by atoms with E-state index in [9.17, 15) is 4.79 Å². The zero-order chi connectivity index (χ0) is 18.1. The van der Waals surface area contributed by atoms with Gasteiger partial charge in [0, 0.05) is 30.4 Å². The fourth-order valence-corrected chi connectivity index (χ4v) is 4.22. The number of rotatable bonds is 4. The number of nitrogens with zero attached hydrogens (tertiary/aromatic N) is 3. The number of carbonyl (C=O) groups excluding carboxylic acids is 1. The molecule has 1 aliphatic carbocycles. The van der Waals surface area contributed by atoms with Crippen molar-refractivity contribution in [1.82, 2.24) is 20.0 Å². The first-order valence-corrected chi connectivity index (χ1v) is 9.88. The van der Waals surface area contributed by atoms with Gasteiger partial charge in [-0.2, -0.15) is 5.10 Å². The van der Waals surface area contributed by atoms with E-state index in [1.807, 2.05) is 16.6 Å². The molecule has 1 amide bonds. The average molecular weight is 352 g/mol. The minimum atomic E-state index is 0.113. The smallest absolute Gasteiger partial charge is 0.274 e. The molecule has 0 bridgehead atoms. The highest BCUT2D eigenvalue weighted by Gasteiger charge is 2.31. The normalized spacial score (nSPS) is 17.5. The van der Waals surface area contributed by atoms with Gasteiger partial charge >= 0.3 is 0 Å². The first-order valence-electron chi connectivity index (χ1n) is 9.88. The Bertz CT molecular complexity index is 785. The van der Waals surface area contributed by atoms with Crippen LogP contribution in [0.1, 0.15) is 53.5 Å². The summed E-state index contributed by atoms with van der Waals surface area (Å²) in [5.74, 6) is 0.113. The molecule has 1 N–H and O–H groups in total. The molecule has 1 saturated heterocycles. The van der Waals surface area contributed by atoms with Crippen molar-refractivity contribution in [1.29, 1.82) is 0 Å². The molecule has 2 aromatic rings. The summed E-state index contributed by atoms with van der Waals surface area (Å²) in [4.78, 5) is 15.1. The molecule has 0 spiro atoms. The summed E-state index contributed by atoms with van der Waals surface area (Å²) in [7, 11) is 2.00. The van der Waals surface area contributed by atoms with Crippen LogP contribution >= 0.6 is 0 Å². The number of carbonyl (C=O) groups is 1. The van der Waals surface area contributed by atoms with Gasteiger partial charge in [-0.05, 0) is 63.3 Å². The number of piperidine rings is 1. The van der Waals surface area contributed by atoms with Crippen molar-refractivity contribution < 1.29 is 4.79 Å². The summed E-state index contributed by atoms with van der Waals surface area (Å²) in [6.07, 6.45) is 6.16. The molecule has 5 nitrogen and oxygen atoms in total. The molecular weight excluding hydrogens is 324 g/mol. The van der Waals surface area contributed by atoms with Gasteiger partial charge in [0.2, 0.25) is 0 Å². The first kappa shape index (κ1) is 17.3. The minimum Gasteiger partial charge on any atom is -0.337 e. The van der Waals surface area contributed by atoms with Crippen molar-refractivity contribution in [3.05, 3.63) is 46.8 Å².